The number of Topliss-reactive ketones (excluding diaryl/α,β-unsaturated/α-hetero) is 1. The van der Waals surface area contributed by atoms with Crippen LogP contribution in [0, 0.1) is 5.41 Å². The molecule has 2 saturated heterocycles. The Bertz CT molecular complexity index is 1680. The molecule has 0 radical (unpaired) electrons. The first-order chi connectivity index (χ1) is 25.8. The summed E-state index contributed by atoms with van der Waals surface area (Å²) in [5.74, 6) is -3.24. The number of amides is 5. The molecule has 1 unspecified atom stereocenters. The molecular weight excluding hydrogens is 719 g/mol. The van der Waals surface area contributed by atoms with Gasteiger partial charge in [0.15, 0.2) is 11.0 Å². The molecular formula is C35H53N11O7S. The highest BCUT2D eigenvalue weighted by Gasteiger charge is 2.45. The number of nitrogens with zero attached hydrogens (tertiary/aromatic N) is 2. The molecule has 2 aliphatic rings. The maximum absolute atomic E-state index is 14.3. The van der Waals surface area contributed by atoms with Gasteiger partial charge >= 0.3 is 0 Å². The lowest BCUT2D eigenvalue weighted by Gasteiger charge is -2.30. The molecule has 0 bridgehead atoms. The van der Waals surface area contributed by atoms with Crippen LogP contribution in [0.1, 0.15) is 85.4 Å². The third kappa shape index (κ3) is 11.4. The summed E-state index contributed by atoms with van der Waals surface area (Å²) in [5, 5.41) is 34.0. The SMILES string of the molecule is CC(=O)N[C@@H](CO)C(=O)N[C@@H](CCCCN)C(=O)N[C@H]1CC(C)N([C@@H](CCCNC(=N)N)C(=O)c2nc3ccc(C(=O)NC4CCNCC4)cc3s2)C1=O. The van der Waals surface area contributed by atoms with Crippen LogP contribution in [0.15, 0.2) is 18.2 Å². The first-order valence-corrected chi connectivity index (χ1v) is 19.2. The maximum Gasteiger partial charge on any atom is 0.251 e. The lowest BCUT2D eigenvalue weighted by molar-refractivity contribution is -0.136. The number of guanidine groups is 1. The van der Waals surface area contributed by atoms with Gasteiger partial charge in [0.2, 0.25) is 29.4 Å². The van der Waals surface area contributed by atoms with Crippen molar-refractivity contribution in [3.63, 3.8) is 0 Å². The minimum absolute atomic E-state index is 0.0781. The van der Waals surface area contributed by atoms with Crippen molar-refractivity contribution in [1.82, 2.24) is 41.8 Å². The number of thiazole rings is 1. The summed E-state index contributed by atoms with van der Waals surface area (Å²) in [6.07, 6.45) is 3.70. The van der Waals surface area contributed by atoms with E-state index in [0.29, 0.717) is 41.6 Å². The van der Waals surface area contributed by atoms with Crippen LogP contribution in [0.5, 0.6) is 0 Å². The quantitative estimate of drug-likeness (QED) is 0.0349. The summed E-state index contributed by atoms with van der Waals surface area (Å²) in [6.45, 7) is 4.61. The van der Waals surface area contributed by atoms with Crippen LogP contribution in [0.3, 0.4) is 0 Å². The molecule has 0 saturated carbocycles. The standard InChI is InChI=1S/C35H53N11O7S/c1-19-16-25(44-31(51)24(6-3-4-12-36)43-32(52)26(18-47)41-20(2)48)34(53)46(19)27(7-5-13-40-35(37)38)29(49)33-45-23-9-8-21(17-28(23)54-33)30(50)42-22-10-14-39-15-11-22/h8-9,17,19,22,24-27,39,47H,3-7,10-16,18,36H2,1-2H3,(H,41,48)(H,42,50)(H,43,52)(H,44,51)(H4,37,38,40)/t19?,24-,25-,26-,27-/m0/s1. The zero-order valence-corrected chi connectivity index (χ0v) is 31.6. The average Bonchev–Trinajstić information content (AvgIpc) is 3.69. The number of likely N-dealkylation sites (tertiary alicyclic amines) is 1. The number of hydrogen-bond donors (Lipinski definition) is 10. The molecule has 0 spiro atoms. The minimum Gasteiger partial charge on any atom is -0.394 e. The fourth-order valence-corrected chi connectivity index (χ4v) is 7.74. The van der Waals surface area contributed by atoms with Gasteiger partial charge in [-0.1, -0.05) is 0 Å². The molecule has 2 fully saturated rings. The van der Waals surface area contributed by atoms with Gasteiger partial charge in [-0.3, -0.25) is 34.2 Å². The van der Waals surface area contributed by atoms with Gasteiger partial charge in [-0.2, -0.15) is 0 Å². The molecule has 2 aromatic rings. The zero-order valence-electron chi connectivity index (χ0n) is 30.7. The van der Waals surface area contributed by atoms with Crippen molar-refractivity contribution >= 4 is 62.8 Å². The lowest BCUT2D eigenvalue weighted by atomic mass is 10.0. The van der Waals surface area contributed by atoms with Crippen LogP contribution in [0.25, 0.3) is 10.2 Å². The Morgan fingerprint density at radius 2 is 1.80 bits per heavy atom. The fourth-order valence-electron chi connectivity index (χ4n) is 6.74. The number of benzene rings is 1. The van der Waals surface area contributed by atoms with E-state index in [4.69, 9.17) is 16.9 Å². The molecule has 4 rings (SSSR count). The van der Waals surface area contributed by atoms with Crippen molar-refractivity contribution in [2.75, 3.05) is 32.8 Å². The van der Waals surface area contributed by atoms with E-state index in [1.165, 1.54) is 11.8 Å². The normalized spacial score (nSPS) is 19.1. The molecule has 5 atom stereocenters. The smallest absolute Gasteiger partial charge is 0.251 e. The molecule has 296 valence electrons. The van der Waals surface area contributed by atoms with Gasteiger partial charge in [0.05, 0.1) is 22.9 Å². The van der Waals surface area contributed by atoms with Crippen molar-refractivity contribution < 1.29 is 33.9 Å². The molecule has 1 aromatic carbocycles. The predicted molar refractivity (Wildman–Crippen MR) is 203 cm³/mol. The Labute approximate surface area is 317 Å². The van der Waals surface area contributed by atoms with E-state index < -0.39 is 66.2 Å². The number of nitrogens with two attached hydrogens (primary N) is 2. The highest BCUT2D eigenvalue weighted by Crippen LogP contribution is 2.30. The number of fused-ring (bicyclic) bond motifs is 1. The highest BCUT2D eigenvalue weighted by molar-refractivity contribution is 7.20. The number of aliphatic hydroxyl groups excluding tert-OH is 1. The Hall–Kier alpha value is -4.72. The highest BCUT2D eigenvalue weighted by atomic mass is 32.1. The van der Waals surface area contributed by atoms with E-state index in [0.717, 1.165) is 37.3 Å². The number of aromatic nitrogens is 1. The van der Waals surface area contributed by atoms with Crippen molar-refractivity contribution in [3.8, 4) is 0 Å². The molecule has 12 N–H and O–H groups in total. The number of hydrogen-bond acceptors (Lipinski definition) is 12. The van der Waals surface area contributed by atoms with Gasteiger partial charge < -0.3 is 53.4 Å². The van der Waals surface area contributed by atoms with Gasteiger partial charge in [0.1, 0.15) is 18.1 Å². The number of nitrogens with one attached hydrogen (secondary N) is 7. The molecule has 19 heteroatoms. The molecule has 3 heterocycles. The first-order valence-electron chi connectivity index (χ1n) is 18.4. The summed E-state index contributed by atoms with van der Waals surface area (Å²) in [7, 11) is 0. The number of carbonyl (C=O) groups is 6. The number of carbonyl (C=O) groups excluding carboxylic acids is 6. The van der Waals surface area contributed by atoms with Crippen LogP contribution in [-0.2, 0) is 19.2 Å². The number of ketones is 1. The van der Waals surface area contributed by atoms with E-state index in [-0.39, 0.29) is 48.7 Å². The topological polar surface area (TPSA) is 287 Å². The maximum atomic E-state index is 14.3. The van der Waals surface area contributed by atoms with E-state index in [9.17, 15) is 33.9 Å². The molecule has 0 aliphatic carbocycles. The van der Waals surface area contributed by atoms with Crippen molar-refractivity contribution in [1.29, 1.82) is 5.41 Å². The van der Waals surface area contributed by atoms with E-state index in [2.05, 4.69) is 36.9 Å². The molecule has 5 amide bonds. The summed E-state index contributed by atoms with van der Waals surface area (Å²) in [5.41, 5.74) is 12.1. The number of aliphatic hydroxyl groups is 1. The van der Waals surface area contributed by atoms with Crippen LogP contribution in [0.4, 0.5) is 0 Å². The molecule has 18 nitrogen and oxygen atoms in total. The fraction of sp³-hybridized carbons (Fsp3) is 0.600. The van der Waals surface area contributed by atoms with Gasteiger partial charge in [0.25, 0.3) is 5.91 Å². The summed E-state index contributed by atoms with van der Waals surface area (Å²) in [4.78, 5) is 85.4. The van der Waals surface area contributed by atoms with E-state index in [1.54, 1.807) is 25.1 Å². The second-order valence-electron chi connectivity index (χ2n) is 13.7. The Morgan fingerprint density at radius 1 is 1.06 bits per heavy atom. The number of unbranched alkanes of at least 4 members (excludes halogenated alkanes) is 1. The Balaban J connectivity index is 1.52. The van der Waals surface area contributed by atoms with Crippen molar-refractivity contribution in [2.24, 2.45) is 11.5 Å². The third-order valence-electron chi connectivity index (χ3n) is 9.52. The summed E-state index contributed by atoms with van der Waals surface area (Å²) in [6, 6.07) is 0.356. The second kappa shape index (κ2) is 20.1. The number of piperidine rings is 1. The van der Waals surface area contributed by atoms with Crippen LogP contribution < -0.4 is 43.4 Å². The van der Waals surface area contributed by atoms with Crippen LogP contribution in [-0.4, -0.2) is 125 Å². The molecule has 1 aromatic heterocycles. The largest absolute Gasteiger partial charge is 0.394 e. The second-order valence-corrected chi connectivity index (χ2v) is 14.8. The van der Waals surface area contributed by atoms with Crippen molar-refractivity contribution in [2.45, 2.75) is 101 Å². The van der Waals surface area contributed by atoms with Gasteiger partial charge in [-0.05, 0) is 96.1 Å². The van der Waals surface area contributed by atoms with Crippen molar-refractivity contribution in [3.05, 3.63) is 28.8 Å². The summed E-state index contributed by atoms with van der Waals surface area (Å²) >= 11 is 1.13. The van der Waals surface area contributed by atoms with E-state index in [1.807, 2.05) is 0 Å². The van der Waals surface area contributed by atoms with Gasteiger partial charge in [-0.15, -0.1) is 11.3 Å². The summed E-state index contributed by atoms with van der Waals surface area (Å²) < 4.78 is 0.643. The van der Waals surface area contributed by atoms with E-state index >= 15 is 0 Å². The first kappa shape index (κ1) is 42.0. The minimum atomic E-state index is -1.27. The number of rotatable bonds is 19. The molecule has 2 aliphatic heterocycles. The Morgan fingerprint density at radius 3 is 2.46 bits per heavy atom. The third-order valence-corrected chi connectivity index (χ3v) is 10.6. The van der Waals surface area contributed by atoms with Gasteiger partial charge in [0, 0.05) is 31.1 Å². The molecule has 54 heavy (non-hydrogen) atoms. The zero-order chi connectivity index (χ0) is 39.4. The lowest BCUT2D eigenvalue weighted by Crippen LogP contribution is -2.56. The average molecular weight is 772 g/mol. The van der Waals surface area contributed by atoms with Crippen LogP contribution in [0.2, 0.25) is 0 Å². The van der Waals surface area contributed by atoms with Gasteiger partial charge in [-0.25, -0.2) is 4.98 Å². The predicted octanol–water partition coefficient (Wildman–Crippen LogP) is -1.19. The Kier molecular flexibility index (Phi) is 15.6. The monoisotopic (exact) mass is 771 g/mol. The van der Waals surface area contributed by atoms with Crippen LogP contribution >= 0.6 is 11.3 Å².